The quantitative estimate of drug-likeness (QED) is 0.672. The minimum atomic E-state index is 0.164. The molecule has 0 amide bonds. The van der Waals surface area contributed by atoms with Gasteiger partial charge >= 0.3 is 0 Å². The fourth-order valence-corrected chi connectivity index (χ4v) is 1.65. The maximum atomic E-state index is 5.72. The summed E-state index contributed by atoms with van der Waals surface area (Å²) in [7, 11) is 0. The van der Waals surface area contributed by atoms with Gasteiger partial charge in [-0.25, -0.2) is 4.98 Å². The summed E-state index contributed by atoms with van der Waals surface area (Å²) in [4.78, 5) is 15.4. The third-order valence-electron chi connectivity index (χ3n) is 2.46. The summed E-state index contributed by atoms with van der Waals surface area (Å²) >= 11 is 0. The van der Waals surface area contributed by atoms with Gasteiger partial charge in [0.1, 0.15) is 11.3 Å². The molecule has 0 aliphatic heterocycles. The summed E-state index contributed by atoms with van der Waals surface area (Å²) in [6.07, 6.45) is 4.40. The lowest BCUT2D eigenvalue weighted by molar-refractivity contribution is 0.700. The van der Waals surface area contributed by atoms with Gasteiger partial charge in [0, 0.05) is 6.42 Å². The van der Waals surface area contributed by atoms with Gasteiger partial charge in [0.05, 0.1) is 0 Å². The van der Waals surface area contributed by atoms with Gasteiger partial charge in [-0.05, 0) is 6.42 Å². The average Bonchev–Trinajstić information content (AvgIpc) is 2.61. The summed E-state index contributed by atoms with van der Waals surface area (Å²) in [5, 5.41) is 0. The maximum absolute atomic E-state index is 5.72. The smallest absolute Gasteiger partial charge is 0.224 e. The van der Waals surface area contributed by atoms with Crippen LogP contribution in [0.25, 0.3) is 11.2 Å². The van der Waals surface area contributed by atoms with Crippen LogP contribution >= 0.6 is 0 Å². The lowest BCUT2D eigenvalue weighted by atomic mass is 10.2. The third kappa shape index (κ3) is 2.05. The number of anilines is 2. The highest BCUT2D eigenvalue weighted by Gasteiger charge is 2.08. The molecule has 0 atom stereocenters. The molecule has 2 rings (SSSR count). The Morgan fingerprint density at radius 3 is 2.69 bits per heavy atom. The summed E-state index contributed by atoms with van der Waals surface area (Å²) in [5.41, 5.74) is 12.5. The predicted molar refractivity (Wildman–Crippen MR) is 63.7 cm³/mol. The van der Waals surface area contributed by atoms with Crippen molar-refractivity contribution in [1.82, 2.24) is 19.9 Å². The predicted octanol–water partition coefficient (Wildman–Crippen LogP) is 1.25. The van der Waals surface area contributed by atoms with E-state index in [1.807, 2.05) is 0 Å². The number of H-pyrrole nitrogens is 1. The second-order valence-corrected chi connectivity index (χ2v) is 3.81. The highest BCUT2D eigenvalue weighted by molar-refractivity contribution is 5.82. The Balaban J connectivity index is 2.26. The minimum Gasteiger partial charge on any atom is -0.382 e. The van der Waals surface area contributed by atoms with E-state index in [9.17, 15) is 0 Å². The van der Waals surface area contributed by atoms with Crippen molar-refractivity contribution in [2.75, 3.05) is 11.5 Å². The topological polar surface area (TPSA) is 106 Å². The first kappa shape index (κ1) is 10.7. The van der Waals surface area contributed by atoms with Crippen LogP contribution in [0.1, 0.15) is 32.0 Å². The number of nitrogen functional groups attached to an aromatic ring is 2. The lowest BCUT2D eigenvalue weighted by Crippen LogP contribution is -1.99. The van der Waals surface area contributed by atoms with E-state index in [0.29, 0.717) is 17.0 Å². The first-order valence-electron chi connectivity index (χ1n) is 5.48. The van der Waals surface area contributed by atoms with Crippen molar-refractivity contribution >= 4 is 22.9 Å². The SMILES string of the molecule is CCCCCc1nc2nc(N)nc(N)c2[nH]1. The molecule has 6 heteroatoms. The van der Waals surface area contributed by atoms with Crippen molar-refractivity contribution in [2.24, 2.45) is 0 Å². The van der Waals surface area contributed by atoms with E-state index in [-0.39, 0.29) is 5.95 Å². The van der Waals surface area contributed by atoms with Crippen molar-refractivity contribution < 1.29 is 0 Å². The lowest BCUT2D eigenvalue weighted by Gasteiger charge is -1.94. The van der Waals surface area contributed by atoms with Crippen molar-refractivity contribution in [1.29, 1.82) is 0 Å². The summed E-state index contributed by atoms with van der Waals surface area (Å²) in [5.74, 6) is 1.42. The molecule has 0 bridgehead atoms. The molecule has 0 spiro atoms. The molecule has 0 saturated heterocycles. The van der Waals surface area contributed by atoms with Gasteiger partial charge in [0.2, 0.25) is 5.95 Å². The molecule has 0 unspecified atom stereocenters. The van der Waals surface area contributed by atoms with Gasteiger partial charge in [-0.3, -0.25) is 0 Å². The van der Waals surface area contributed by atoms with Gasteiger partial charge < -0.3 is 16.5 Å². The zero-order valence-electron chi connectivity index (χ0n) is 9.32. The van der Waals surface area contributed by atoms with Gasteiger partial charge in [-0.15, -0.1) is 0 Å². The van der Waals surface area contributed by atoms with E-state index in [1.165, 1.54) is 12.8 Å². The Kier molecular flexibility index (Phi) is 2.89. The normalized spacial score (nSPS) is 11.1. The number of nitrogens with zero attached hydrogens (tertiary/aromatic N) is 3. The Labute approximate surface area is 93.5 Å². The molecule has 0 aromatic carbocycles. The van der Waals surface area contributed by atoms with Gasteiger partial charge in [-0.2, -0.15) is 9.97 Å². The van der Waals surface area contributed by atoms with Crippen LogP contribution in [0.2, 0.25) is 0 Å². The number of imidazole rings is 1. The zero-order chi connectivity index (χ0) is 11.5. The first-order chi connectivity index (χ1) is 7.70. The maximum Gasteiger partial charge on any atom is 0.224 e. The number of rotatable bonds is 4. The van der Waals surface area contributed by atoms with Crippen LogP contribution in [0, 0.1) is 0 Å². The molecule has 0 aliphatic carbocycles. The second-order valence-electron chi connectivity index (χ2n) is 3.81. The van der Waals surface area contributed by atoms with E-state index >= 15 is 0 Å². The summed E-state index contributed by atoms with van der Waals surface area (Å²) in [6.45, 7) is 2.17. The number of nitrogens with two attached hydrogens (primary N) is 2. The number of nitrogens with one attached hydrogen (secondary N) is 1. The van der Waals surface area contributed by atoms with Gasteiger partial charge in [-0.1, -0.05) is 19.8 Å². The van der Waals surface area contributed by atoms with Crippen molar-refractivity contribution in [2.45, 2.75) is 32.6 Å². The molecule has 2 aromatic rings. The van der Waals surface area contributed by atoms with Gasteiger partial charge in [0.25, 0.3) is 0 Å². The van der Waals surface area contributed by atoms with Crippen molar-refractivity contribution in [3.05, 3.63) is 5.82 Å². The Hall–Kier alpha value is -1.85. The highest BCUT2D eigenvalue weighted by Crippen LogP contribution is 2.16. The Bertz CT molecular complexity index is 489. The molecule has 5 N–H and O–H groups in total. The van der Waals surface area contributed by atoms with E-state index in [1.54, 1.807) is 0 Å². The molecule has 16 heavy (non-hydrogen) atoms. The molecule has 0 saturated carbocycles. The average molecular weight is 220 g/mol. The van der Waals surface area contributed by atoms with E-state index in [2.05, 4.69) is 26.9 Å². The monoisotopic (exact) mass is 220 g/mol. The van der Waals surface area contributed by atoms with Gasteiger partial charge in [0.15, 0.2) is 11.5 Å². The molecular weight excluding hydrogens is 204 g/mol. The van der Waals surface area contributed by atoms with Crippen LogP contribution in [-0.4, -0.2) is 19.9 Å². The van der Waals surface area contributed by atoms with E-state index < -0.39 is 0 Å². The number of fused-ring (bicyclic) bond motifs is 1. The fraction of sp³-hybridized carbons (Fsp3) is 0.500. The largest absolute Gasteiger partial charge is 0.382 e. The van der Waals surface area contributed by atoms with Crippen LogP contribution < -0.4 is 11.5 Å². The molecule has 6 nitrogen and oxygen atoms in total. The van der Waals surface area contributed by atoms with Crippen molar-refractivity contribution in [3.8, 4) is 0 Å². The summed E-state index contributed by atoms with van der Waals surface area (Å²) < 4.78 is 0. The fourth-order valence-electron chi connectivity index (χ4n) is 1.65. The molecule has 86 valence electrons. The zero-order valence-corrected chi connectivity index (χ0v) is 9.32. The van der Waals surface area contributed by atoms with Crippen molar-refractivity contribution in [3.63, 3.8) is 0 Å². The first-order valence-corrected chi connectivity index (χ1v) is 5.48. The van der Waals surface area contributed by atoms with E-state index in [0.717, 1.165) is 18.7 Å². The third-order valence-corrected chi connectivity index (χ3v) is 2.46. The molecule has 0 fully saturated rings. The molecule has 2 aromatic heterocycles. The van der Waals surface area contributed by atoms with E-state index in [4.69, 9.17) is 11.5 Å². The number of aryl methyl sites for hydroxylation is 1. The number of aromatic amines is 1. The van der Waals surface area contributed by atoms with Crippen LogP contribution in [0.15, 0.2) is 0 Å². The molecule has 0 aliphatic rings. The van der Waals surface area contributed by atoms with Crippen LogP contribution in [0.4, 0.5) is 11.8 Å². The number of aromatic nitrogens is 4. The highest BCUT2D eigenvalue weighted by atomic mass is 15.1. The number of unbranched alkanes of at least 4 members (excludes halogenated alkanes) is 2. The minimum absolute atomic E-state index is 0.164. The molecule has 2 heterocycles. The molecular formula is C10H16N6. The van der Waals surface area contributed by atoms with Crippen LogP contribution in [0.5, 0.6) is 0 Å². The number of hydrogen-bond acceptors (Lipinski definition) is 5. The second kappa shape index (κ2) is 4.34. The van der Waals surface area contributed by atoms with Crippen LogP contribution in [-0.2, 0) is 6.42 Å². The Morgan fingerprint density at radius 2 is 1.94 bits per heavy atom. The Morgan fingerprint density at radius 1 is 1.12 bits per heavy atom. The molecule has 0 radical (unpaired) electrons. The standard InChI is InChI=1S/C10H16N6/c1-2-3-4-5-6-13-7-8(11)15-10(12)16-9(7)14-6/h2-5H2,1H3,(H5,11,12,13,14,15,16). The summed E-state index contributed by atoms with van der Waals surface area (Å²) in [6, 6.07) is 0. The number of hydrogen-bond donors (Lipinski definition) is 3. The van der Waals surface area contributed by atoms with Crippen LogP contribution in [0.3, 0.4) is 0 Å².